The third-order valence-electron chi connectivity index (χ3n) is 4.98. The van der Waals surface area contributed by atoms with Crippen molar-refractivity contribution < 1.29 is 13.2 Å². The van der Waals surface area contributed by atoms with E-state index >= 15 is 0 Å². The predicted molar refractivity (Wildman–Crippen MR) is 112 cm³/mol. The van der Waals surface area contributed by atoms with Crippen LogP contribution in [0.2, 0.25) is 0 Å². The lowest BCUT2D eigenvalue weighted by molar-refractivity contribution is -0.124. The molecule has 0 bridgehead atoms. The summed E-state index contributed by atoms with van der Waals surface area (Å²) in [4.78, 5) is 12.6. The van der Waals surface area contributed by atoms with E-state index in [2.05, 4.69) is 10.4 Å². The number of rotatable bonds is 7. The van der Waals surface area contributed by atoms with Crippen LogP contribution in [0, 0.1) is 0 Å². The molecule has 2 aromatic heterocycles. The van der Waals surface area contributed by atoms with Crippen LogP contribution in [0.15, 0.2) is 64.4 Å². The molecule has 1 saturated heterocycles. The number of hydrogen-bond acceptors (Lipinski definition) is 5. The largest absolute Gasteiger partial charge is 0.354 e. The van der Waals surface area contributed by atoms with E-state index in [9.17, 15) is 13.2 Å². The number of benzene rings is 1. The van der Waals surface area contributed by atoms with E-state index in [0.717, 1.165) is 11.3 Å². The molecular weight excluding hydrogens is 408 g/mol. The van der Waals surface area contributed by atoms with Crippen LogP contribution in [0.25, 0.3) is 5.69 Å². The molecule has 1 unspecified atom stereocenters. The van der Waals surface area contributed by atoms with Gasteiger partial charge in [0, 0.05) is 25.5 Å². The lowest BCUT2D eigenvalue weighted by Gasteiger charge is -2.22. The summed E-state index contributed by atoms with van der Waals surface area (Å²) in [6.45, 7) is 0.844. The summed E-state index contributed by atoms with van der Waals surface area (Å²) < 4.78 is 29.0. The Morgan fingerprint density at radius 3 is 2.72 bits per heavy atom. The Labute approximate surface area is 174 Å². The molecule has 1 amide bonds. The zero-order valence-electron chi connectivity index (χ0n) is 15.8. The molecule has 152 valence electrons. The van der Waals surface area contributed by atoms with Crippen molar-refractivity contribution in [2.24, 2.45) is 0 Å². The molecule has 3 aromatic rings. The number of nitrogens with one attached hydrogen (secondary N) is 1. The first-order valence-electron chi connectivity index (χ1n) is 9.48. The Bertz CT molecular complexity index is 1050. The van der Waals surface area contributed by atoms with Crippen molar-refractivity contribution in [3.8, 4) is 5.69 Å². The third-order valence-corrected chi connectivity index (χ3v) is 8.26. The molecule has 0 spiro atoms. The standard InChI is InChI=1S/C20H22N4O3S2/c25-20(18-4-1-14-24(18)29(26,27)19-5-2-15-28-19)21-12-10-16-6-8-17(9-7-16)23-13-3-11-22-23/h2-3,5-9,11,13,15,18H,1,4,10,12,14H2,(H,21,25). The summed E-state index contributed by atoms with van der Waals surface area (Å²) in [6, 6.07) is 12.5. The molecule has 1 aliphatic rings. The highest BCUT2D eigenvalue weighted by molar-refractivity contribution is 7.91. The van der Waals surface area contributed by atoms with Gasteiger partial charge in [0.2, 0.25) is 5.91 Å². The zero-order valence-corrected chi connectivity index (χ0v) is 17.4. The third kappa shape index (κ3) is 4.26. The topological polar surface area (TPSA) is 84.3 Å². The van der Waals surface area contributed by atoms with Gasteiger partial charge in [-0.15, -0.1) is 11.3 Å². The minimum atomic E-state index is -3.61. The summed E-state index contributed by atoms with van der Waals surface area (Å²) in [5, 5.41) is 8.83. The fourth-order valence-electron chi connectivity index (χ4n) is 3.50. The monoisotopic (exact) mass is 430 g/mol. The van der Waals surface area contributed by atoms with Gasteiger partial charge in [-0.2, -0.15) is 9.40 Å². The Morgan fingerprint density at radius 2 is 2.03 bits per heavy atom. The second-order valence-electron chi connectivity index (χ2n) is 6.86. The van der Waals surface area contributed by atoms with Crippen molar-refractivity contribution in [1.29, 1.82) is 0 Å². The highest BCUT2D eigenvalue weighted by atomic mass is 32.2. The first kappa shape index (κ1) is 19.8. The highest BCUT2D eigenvalue weighted by Gasteiger charge is 2.39. The van der Waals surface area contributed by atoms with E-state index in [1.54, 1.807) is 28.4 Å². The van der Waals surface area contributed by atoms with Gasteiger partial charge in [-0.05, 0) is 54.5 Å². The van der Waals surface area contributed by atoms with E-state index in [-0.39, 0.29) is 10.1 Å². The molecule has 1 fully saturated rings. The van der Waals surface area contributed by atoms with Crippen LogP contribution in [0.5, 0.6) is 0 Å². The maximum absolute atomic E-state index is 12.8. The van der Waals surface area contributed by atoms with Crippen molar-refractivity contribution in [1.82, 2.24) is 19.4 Å². The summed E-state index contributed by atoms with van der Waals surface area (Å²) in [7, 11) is -3.61. The molecule has 1 N–H and O–H groups in total. The van der Waals surface area contributed by atoms with Crippen molar-refractivity contribution in [2.75, 3.05) is 13.1 Å². The average molecular weight is 431 g/mol. The van der Waals surface area contributed by atoms with Crippen molar-refractivity contribution in [2.45, 2.75) is 29.5 Å². The van der Waals surface area contributed by atoms with Crippen LogP contribution in [0.4, 0.5) is 0 Å². The molecule has 1 aliphatic heterocycles. The number of hydrogen-bond donors (Lipinski definition) is 1. The number of carbonyl (C=O) groups is 1. The second-order valence-corrected chi connectivity index (χ2v) is 9.93. The predicted octanol–water partition coefficient (Wildman–Crippen LogP) is 2.45. The van der Waals surface area contributed by atoms with E-state index in [0.29, 0.717) is 32.4 Å². The minimum absolute atomic E-state index is 0.226. The molecule has 4 rings (SSSR count). The van der Waals surface area contributed by atoms with Crippen molar-refractivity contribution >= 4 is 27.3 Å². The lowest BCUT2D eigenvalue weighted by Crippen LogP contribution is -2.46. The van der Waals surface area contributed by atoms with Gasteiger partial charge in [-0.25, -0.2) is 13.1 Å². The second kappa shape index (κ2) is 8.48. The molecule has 9 heteroatoms. The SMILES string of the molecule is O=C(NCCc1ccc(-n2cccn2)cc1)C1CCCN1S(=O)(=O)c1cccs1. The Kier molecular flexibility index (Phi) is 5.79. The Balaban J connectivity index is 1.33. The summed E-state index contributed by atoms with van der Waals surface area (Å²) in [6.07, 6.45) is 5.53. The summed E-state index contributed by atoms with van der Waals surface area (Å²) in [5.41, 5.74) is 2.07. The highest BCUT2D eigenvalue weighted by Crippen LogP contribution is 2.28. The maximum Gasteiger partial charge on any atom is 0.253 e. The molecule has 29 heavy (non-hydrogen) atoms. The minimum Gasteiger partial charge on any atom is -0.354 e. The van der Waals surface area contributed by atoms with E-state index in [1.807, 2.05) is 36.5 Å². The van der Waals surface area contributed by atoms with E-state index in [4.69, 9.17) is 0 Å². The van der Waals surface area contributed by atoms with Crippen molar-refractivity contribution in [3.05, 3.63) is 65.8 Å². The van der Waals surface area contributed by atoms with Gasteiger partial charge in [-0.3, -0.25) is 4.79 Å². The number of amides is 1. The van der Waals surface area contributed by atoms with Crippen LogP contribution >= 0.6 is 11.3 Å². The van der Waals surface area contributed by atoms with E-state index in [1.165, 1.54) is 15.6 Å². The zero-order chi connectivity index (χ0) is 20.3. The van der Waals surface area contributed by atoms with Gasteiger partial charge in [0.05, 0.1) is 5.69 Å². The average Bonchev–Trinajstić information content (AvgIpc) is 3.51. The summed E-state index contributed by atoms with van der Waals surface area (Å²) in [5.74, 6) is -0.226. The maximum atomic E-state index is 12.8. The Morgan fingerprint density at radius 1 is 1.21 bits per heavy atom. The van der Waals surface area contributed by atoms with Crippen molar-refractivity contribution in [3.63, 3.8) is 0 Å². The molecule has 0 radical (unpaired) electrons. The van der Waals surface area contributed by atoms with Gasteiger partial charge in [0.15, 0.2) is 0 Å². The molecule has 3 heterocycles. The number of nitrogens with zero attached hydrogens (tertiary/aromatic N) is 3. The fraction of sp³-hybridized carbons (Fsp3) is 0.300. The smallest absolute Gasteiger partial charge is 0.253 e. The number of thiophene rings is 1. The first-order valence-corrected chi connectivity index (χ1v) is 11.8. The van der Waals surface area contributed by atoms with Crippen LogP contribution in [0.3, 0.4) is 0 Å². The van der Waals surface area contributed by atoms with Gasteiger partial charge in [-0.1, -0.05) is 18.2 Å². The molecule has 0 aliphatic carbocycles. The molecule has 1 atom stereocenters. The van der Waals surface area contributed by atoms with Crippen LogP contribution in [-0.2, 0) is 21.2 Å². The normalized spacial score (nSPS) is 17.4. The first-order chi connectivity index (χ1) is 14.1. The quantitative estimate of drug-likeness (QED) is 0.624. The van der Waals surface area contributed by atoms with Crippen LogP contribution < -0.4 is 5.32 Å². The number of sulfonamides is 1. The summed E-state index contributed by atoms with van der Waals surface area (Å²) >= 11 is 1.18. The van der Waals surface area contributed by atoms with E-state index < -0.39 is 16.1 Å². The van der Waals surface area contributed by atoms with Gasteiger partial charge >= 0.3 is 0 Å². The van der Waals surface area contributed by atoms with Gasteiger partial charge in [0.25, 0.3) is 10.0 Å². The van der Waals surface area contributed by atoms with Crippen LogP contribution in [0.1, 0.15) is 18.4 Å². The molecular formula is C20H22N4O3S2. The molecule has 7 nitrogen and oxygen atoms in total. The fourth-order valence-corrected chi connectivity index (χ4v) is 6.28. The van der Waals surface area contributed by atoms with Crippen LogP contribution in [-0.4, -0.2) is 47.5 Å². The molecule has 0 saturated carbocycles. The lowest BCUT2D eigenvalue weighted by atomic mass is 10.1. The van der Waals surface area contributed by atoms with Gasteiger partial charge in [0.1, 0.15) is 10.3 Å². The number of carbonyl (C=O) groups excluding carboxylic acids is 1. The Hall–Kier alpha value is -2.49. The number of aromatic nitrogens is 2. The molecule has 1 aromatic carbocycles. The van der Waals surface area contributed by atoms with Gasteiger partial charge < -0.3 is 5.32 Å².